The van der Waals surface area contributed by atoms with Gasteiger partial charge in [0.2, 0.25) is 11.9 Å². The van der Waals surface area contributed by atoms with E-state index >= 15 is 0 Å². The van der Waals surface area contributed by atoms with Crippen LogP contribution in [0.3, 0.4) is 0 Å². The quantitative estimate of drug-likeness (QED) is 0.623. The van der Waals surface area contributed by atoms with Crippen molar-refractivity contribution in [2.24, 2.45) is 0 Å². The summed E-state index contributed by atoms with van der Waals surface area (Å²) >= 11 is 0. The van der Waals surface area contributed by atoms with E-state index < -0.39 is 29.6 Å². The third-order valence-electron chi connectivity index (χ3n) is 3.86. The van der Waals surface area contributed by atoms with Gasteiger partial charge in [0.05, 0.1) is 18.1 Å². The second-order valence-electron chi connectivity index (χ2n) is 6.26. The number of carbonyl (C=O) groups is 1. The Morgan fingerprint density at radius 2 is 1.83 bits per heavy atom. The fraction of sp³-hybridized carbons (Fsp3) is 0.167. The molecule has 2 unspecified atom stereocenters. The Balaban J connectivity index is 1.92. The first kappa shape index (κ1) is 21.1. The molecule has 0 aliphatic heterocycles. The van der Waals surface area contributed by atoms with E-state index in [1.807, 2.05) is 0 Å². The fourth-order valence-corrected chi connectivity index (χ4v) is 3.16. The average molecular weight is 435 g/mol. The smallest absolute Gasteiger partial charge is 0.267 e. The van der Waals surface area contributed by atoms with Crippen LogP contribution in [-0.4, -0.2) is 25.7 Å². The average Bonchev–Trinajstić information content (AvgIpc) is 2.64. The molecule has 2 heterocycles. The van der Waals surface area contributed by atoms with Gasteiger partial charge in [-0.1, -0.05) is 6.07 Å². The zero-order valence-corrected chi connectivity index (χ0v) is 17.6. The number of aromatic nitrogens is 4. The molecule has 3 rings (SSSR count). The van der Waals surface area contributed by atoms with Crippen LogP contribution in [0.15, 0.2) is 41.5 Å². The first-order valence-electron chi connectivity index (χ1n) is 8.41. The minimum absolute atomic E-state index is 0.0912. The molecular formula is C18H17F2N5O2P2. The van der Waals surface area contributed by atoms with Crippen LogP contribution in [-0.2, 0) is 11.3 Å². The highest BCUT2D eigenvalue weighted by atomic mass is 31.1. The van der Waals surface area contributed by atoms with Gasteiger partial charge in [-0.05, 0) is 30.2 Å². The molecule has 0 aliphatic carbocycles. The molecule has 1 aromatic carbocycles. The second kappa shape index (κ2) is 8.80. The number of hydrogen-bond donors (Lipinski definition) is 1. The number of anilines is 1. The van der Waals surface area contributed by atoms with Crippen LogP contribution in [0.4, 0.5) is 14.7 Å². The monoisotopic (exact) mass is 435 g/mol. The predicted octanol–water partition coefficient (Wildman–Crippen LogP) is 2.67. The van der Waals surface area contributed by atoms with Crippen LogP contribution in [0, 0.1) is 18.6 Å². The number of aryl methyl sites for hydroxylation is 1. The lowest BCUT2D eigenvalue weighted by Crippen LogP contribution is -2.30. The molecule has 0 spiro atoms. The number of rotatable bonds is 5. The second-order valence-corrected chi connectivity index (χ2v) is 8.46. The molecular weight excluding hydrogens is 418 g/mol. The standard InChI is InChI=1S/C18H17F2N5O2P2/c1-9-2-10(4-11(19)3-9)13-5-15(27)25(24-16(13)17(28)29)8-14(26)23-18-21-6-12(20)7-22-18/h2-7,17H,8,28-29H2,1H3,(H,21,22,23,26). The number of hydrogen-bond acceptors (Lipinski definition) is 5. The van der Waals surface area contributed by atoms with E-state index in [0.717, 1.165) is 17.1 Å². The summed E-state index contributed by atoms with van der Waals surface area (Å²) in [5.74, 6) is -1.75. The zero-order chi connectivity index (χ0) is 21.1. The van der Waals surface area contributed by atoms with Crippen LogP contribution in [0.5, 0.6) is 0 Å². The Hall–Kier alpha value is -2.63. The van der Waals surface area contributed by atoms with Crippen molar-refractivity contribution in [3.8, 4) is 11.1 Å². The van der Waals surface area contributed by atoms with Gasteiger partial charge in [-0.25, -0.2) is 23.4 Å². The SMILES string of the molecule is Cc1cc(F)cc(-c2cc(=O)n(CC(=O)Nc3ncc(F)cn3)nc2C(P)P)c1. The van der Waals surface area contributed by atoms with Gasteiger partial charge in [-0.2, -0.15) is 5.10 Å². The predicted molar refractivity (Wildman–Crippen MR) is 111 cm³/mol. The number of nitrogens with zero attached hydrogens (tertiary/aromatic N) is 4. The molecule has 0 saturated carbocycles. The summed E-state index contributed by atoms with van der Waals surface area (Å²) in [6.07, 6.45) is 1.82. The zero-order valence-electron chi connectivity index (χ0n) is 15.3. The number of benzene rings is 1. The molecule has 11 heteroatoms. The minimum atomic E-state index is -0.638. The van der Waals surface area contributed by atoms with Gasteiger partial charge in [0.1, 0.15) is 12.4 Å². The van der Waals surface area contributed by atoms with Crippen molar-refractivity contribution in [3.05, 3.63) is 69.9 Å². The first-order chi connectivity index (χ1) is 13.7. The Morgan fingerprint density at radius 3 is 2.45 bits per heavy atom. The summed E-state index contributed by atoms with van der Waals surface area (Å²) in [6.45, 7) is 1.36. The molecule has 7 nitrogen and oxygen atoms in total. The van der Waals surface area contributed by atoms with Crippen LogP contribution in [0.2, 0.25) is 0 Å². The maximum atomic E-state index is 13.8. The number of nitrogens with one attached hydrogen (secondary N) is 1. The Labute approximate surface area is 169 Å². The summed E-state index contributed by atoms with van der Waals surface area (Å²) in [4.78, 5) is 32.0. The van der Waals surface area contributed by atoms with Crippen molar-refractivity contribution in [2.45, 2.75) is 18.9 Å². The lowest BCUT2D eigenvalue weighted by Gasteiger charge is -2.15. The van der Waals surface area contributed by atoms with Gasteiger partial charge >= 0.3 is 0 Å². The van der Waals surface area contributed by atoms with Crippen LogP contribution in [0.1, 0.15) is 16.7 Å². The van der Waals surface area contributed by atoms with Gasteiger partial charge in [-0.15, -0.1) is 18.5 Å². The van der Waals surface area contributed by atoms with Gasteiger partial charge in [0.25, 0.3) is 5.56 Å². The van der Waals surface area contributed by atoms with E-state index in [2.05, 4.69) is 38.9 Å². The molecule has 0 radical (unpaired) electrons. The largest absolute Gasteiger partial charge is 0.293 e. The summed E-state index contributed by atoms with van der Waals surface area (Å²) in [7, 11) is 5.07. The molecule has 0 fully saturated rings. The minimum Gasteiger partial charge on any atom is -0.293 e. The number of halogens is 2. The van der Waals surface area contributed by atoms with Crippen molar-refractivity contribution in [3.63, 3.8) is 0 Å². The molecule has 29 heavy (non-hydrogen) atoms. The molecule has 2 atom stereocenters. The summed E-state index contributed by atoms with van der Waals surface area (Å²) in [5, 5.41) is 6.40. The molecule has 0 bridgehead atoms. The van der Waals surface area contributed by atoms with Crippen LogP contribution < -0.4 is 10.9 Å². The highest BCUT2D eigenvalue weighted by molar-refractivity contribution is 7.37. The van der Waals surface area contributed by atoms with E-state index in [4.69, 9.17) is 0 Å². The number of amides is 1. The van der Waals surface area contributed by atoms with E-state index in [1.54, 1.807) is 13.0 Å². The Kier molecular flexibility index (Phi) is 6.40. The molecule has 1 N–H and O–H groups in total. The molecule has 150 valence electrons. The fourth-order valence-electron chi connectivity index (χ4n) is 2.66. The van der Waals surface area contributed by atoms with Gasteiger partial charge in [-0.3, -0.25) is 14.9 Å². The van der Waals surface area contributed by atoms with Crippen molar-refractivity contribution in [1.82, 2.24) is 19.7 Å². The maximum absolute atomic E-state index is 13.8. The Bertz CT molecular complexity index is 1100. The van der Waals surface area contributed by atoms with Crippen molar-refractivity contribution in [2.75, 3.05) is 5.32 Å². The molecule has 0 saturated heterocycles. The van der Waals surface area contributed by atoms with Gasteiger partial charge in [0.15, 0.2) is 5.82 Å². The Morgan fingerprint density at radius 1 is 1.14 bits per heavy atom. The van der Waals surface area contributed by atoms with Gasteiger partial charge < -0.3 is 0 Å². The van der Waals surface area contributed by atoms with E-state index in [0.29, 0.717) is 22.4 Å². The van der Waals surface area contributed by atoms with Crippen LogP contribution >= 0.6 is 18.5 Å². The summed E-state index contributed by atoms with van der Waals surface area (Å²) in [5.41, 5.74) is 1.66. The van der Waals surface area contributed by atoms with E-state index in [1.165, 1.54) is 18.2 Å². The maximum Gasteiger partial charge on any atom is 0.267 e. The third kappa shape index (κ3) is 5.25. The molecule has 1 amide bonds. The highest BCUT2D eigenvalue weighted by Gasteiger charge is 2.17. The van der Waals surface area contributed by atoms with E-state index in [-0.39, 0.29) is 11.3 Å². The summed E-state index contributed by atoms with van der Waals surface area (Å²) in [6, 6.07) is 5.79. The highest BCUT2D eigenvalue weighted by Crippen LogP contribution is 2.35. The third-order valence-corrected chi connectivity index (χ3v) is 4.49. The lowest BCUT2D eigenvalue weighted by atomic mass is 10.0. The van der Waals surface area contributed by atoms with Crippen LogP contribution in [0.25, 0.3) is 11.1 Å². The lowest BCUT2D eigenvalue weighted by molar-refractivity contribution is -0.117. The van der Waals surface area contributed by atoms with Crippen molar-refractivity contribution < 1.29 is 13.6 Å². The molecule has 3 aromatic rings. The van der Waals surface area contributed by atoms with Crippen molar-refractivity contribution >= 4 is 30.3 Å². The van der Waals surface area contributed by atoms with Gasteiger partial charge in [0, 0.05) is 17.0 Å². The molecule has 0 aliphatic rings. The van der Waals surface area contributed by atoms with E-state index in [9.17, 15) is 18.4 Å². The first-order valence-corrected chi connectivity index (χ1v) is 9.74. The molecule has 2 aromatic heterocycles. The normalized spacial score (nSPS) is 11.0. The summed E-state index contributed by atoms with van der Waals surface area (Å²) < 4.78 is 27.7. The van der Waals surface area contributed by atoms with Crippen molar-refractivity contribution in [1.29, 1.82) is 0 Å². The number of carbonyl (C=O) groups excluding carboxylic acids is 1. The topological polar surface area (TPSA) is 89.8 Å².